The molecule has 0 radical (unpaired) electrons. The fourth-order valence-corrected chi connectivity index (χ4v) is 2.84. The van der Waals surface area contributed by atoms with Gasteiger partial charge in [0.25, 0.3) is 0 Å². The Morgan fingerprint density at radius 2 is 2.25 bits per heavy atom. The van der Waals surface area contributed by atoms with Gasteiger partial charge in [0.2, 0.25) is 0 Å². The van der Waals surface area contributed by atoms with Crippen LogP contribution >= 0.6 is 0 Å². The molecule has 1 heterocycles. The molecule has 0 spiro atoms. The largest absolute Gasteiger partial charge is 0.464 e. The van der Waals surface area contributed by atoms with E-state index in [2.05, 4.69) is 0 Å². The summed E-state index contributed by atoms with van der Waals surface area (Å²) in [7, 11) is -2.67. The van der Waals surface area contributed by atoms with Gasteiger partial charge in [0.05, 0.1) is 19.3 Å². The van der Waals surface area contributed by atoms with Gasteiger partial charge in [0.1, 0.15) is 6.10 Å². The summed E-state index contributed by atoms with van der Waals surface area (Å²) in [5, 5.41) is 8.54. The predicted molar refractivity (Wildman–Crippen MR) is 68.7 cm³/mol. The molecule has 0 unspecified atom stereocenters. The normalized spacial score (nSPS) is 25.1. The van der Waals surface area contributed by atoms with E-state index in [4.69, 9.17) is 19.3 Å². The average Bonchev–Trinajstić information content (AvgIpc) is 2.57. The lowest BCUT2D eigenvalue weighted by Gasteiger charge is -2.25. The minimum Gasteiger partial charge on any atom is -0.464 e. The van der Waals surface area contributed by atoms with Crippen molar-refractivity contribution in [3.05, 3.63) is 0 Å². The van der Waals surface area contributed by atoms with Crippen molar-refractivity contribution in [3.8, 4) is 0 Å². The number of hydrogen-bond acceptors (Lipinski definition) is 6. The molecule has 0 aromatic rings. The van der Waals surface area contributed by atoms with Crippen molar-refractivity contribution < 1.29 is 32.5 Å². The molecule has 0 aliphatic carbocycles. The van der Waals surface area contributed by atoms with Crippen LogP contribution in [0.5, 0.6) is 0 Å². The average molecular weight is 312 g/mol. The summed E-state index contributed by atoms with van der Waals surface area (Å²) in [6.45, 7) is 2.82. The molecular weight excluding hydrogens is 292 g/mol. The van der Waals surface area contributed by atoms with Gasteiger partial charge in [0.15, 0.2) is 0 Å². The minimum absolute atomic E-state index is 0.00312. The van der Waals surface area contributed by atoms with Crippen LogP contribution in [-0.2, 0) is 24.4 Å². The second-order valence-electron chi connectivity index (χ2n) is 4.11. The molecule has 0 aromatic heterocycles. The monoisotopic (exact) mass is 312 g/mol. The summed E-state index contributed by atoms with van der Waals surface area (Å²) in [6.07, 6.45) is -2.56. The Hall–Kier alpha value is -0.940. The fourth-order valence-electron chi connectivity index (χ4n) is 1.83. The molecule has 1 rings (SSSR count). The zero-order valence-corrected chi connectivity index (χ0v) is 12.3. The molecule has 1 aliphatic rings. The Morgan fingerprint density at radius 1 is 1.55 bits per heavy atom. The first-order valence-corrected chi connectivity index (χ1v) is 7.57. The molecule has 2 N–H and O–H groups in total. The van der Waals surface area contributed by atoms with E-state index in [9.17, 15) is 13.2 Å². The van der Waals surface area contributed by atoms with E-state index in [1.807, 2.05) is 6.92 Å². The van der Waals surface area contributed by atoms with Crippen LogP contribution in [0.15, 0.2) is 0 Å². The first-order chi connectivity index (χ1) is 9.40. The molecule has 2 atom stereocenters. The van der Waals surface area contributed by atoms with Crippen LogP contribution in [0, 0.1) is 0 Å². The second-order valence-corrected chi connectivity index (χ2v) is 5.78. The number of nitrogens with one attached hydrogen (secondary N) is 1. The molecule has 0 saturated carbocycles. The summed E-state index contributed by atoms with van der Waals surface area (Å²) in [5.41, 5.74) is 0. The van der Waals surface area contributed by atoms with Crippen molar-refractivity contribution in [3.63, 3.8) is 0 Å². The van der Waals surface area contributed by atoms with Gasteiger partial charge in [-0.05, 0) is 6.92 Å². The van der Waals surface area contributed by atoms with Gasteiger partial charge in [-0.3, -0.25) is 0 Å². The number of ether oxygens (including phenoxy) is 3. The number of amides is 1. The SMILES string of the molecule is CCOC[C@H]1OCCN(S(=O)(=O)NC(=O)O)C[C@@H]1OC. The van der Waals surface area contributed by atoms with Crippen LogP contribution in [0.4, 0.5) is 4.79 Å². The molecule has 20 heavy (non-hydrogen) atoms. The third-order valence-electron chi connectivity index (χ3n) is 2.82. The van der Waals surface area contributed by atoms with Crippen molar-refractivity contribution in [2.24, 2.45) is 0 Å². The van der Waals surface area contributed by atoms with Crippen LogP contribution < -0.4 is 4.72 Å². The lowest BCUT2D eigenvalue weighted by atomic mass is 10.2. The molecular formula is C10H20N2O7S. The van der Waals surface area contributed by atoms with Gasteiger partial charge in [-0.15, -0.1) is 0 Å². The van der Waals surface area contributed by atoms with Crippen molar-refractivity contribution in [1.29, 1.82) is 0 Å². The number of methoxy groups -OCH3 is 1. The van der Waals surface area contributed by atoms with Crippen LogP contribution in [0.25, 0.3) is 0 Å². The van der Waals surface area contributed by atoms with E-state index in [0.29, 0.717) is 6.61 Å². The highest BCUT2D eigenvalue weighted by Gasteiger charge is 2.34. The Labute approximate surface area is 118 Å². The van der Waals surface area contributed by atoms with Gasteiger partial charge < -0.3 is 19.3 Å². The van der Waals surface area contributed by atoms with Gasteiger partial charge >= 0.3 is 16.3 Å². The highest BCUT2D eigenvalue weighted by Crippen LogP contribution is 2.13. The maximum absolute atomic E-state index is 11.8. The molecule has 118 valence electrons. The van der Waals surface area contributed by atoms with Crippen molar-refractivity contribution in [2.45, 2.75) is 19.1 Å². The van der Waals surface area contributed by atoms with Crippen molar-refractivity contribution in [2.75, 3.05) is 40.0 Å². The highest BCUT2D eigenvalue weighted by atomic mass is 32.2. The summed E-state index contributed by atoms with van der Waals surface area (Å²) in [6, 6.07) is 0. The second kappa shape index (κ2) is 7.74. The van der Waals surface area contributed by atoms with Gasteiger partial charge in [-0.25, -0.2) is 9.52 Å². The number of nitrogens with zero attached hydrogens (tertiary/aromatic N) is 1. The number of rotatable bonds is 6. The Bertz CT molecular complexity index is 414. The zero-order valence-electron chi connectivity index (χ0n) is 11.4. The van der Waals surface area contributed by atoms with Crippen molar-refractivity contribution in [1.82, 2.24) is 9.03 Å². The smallest absolute Gasteiger partial charge is 0.419 e. The molecule has 1 amide bonds. The summed E-state index contributed by atoms with van der Waals surface area (Å²) in [4.78, 5) is 10.5. The topological polar surface area (TPSA) is 114 Å². The predicted octanol–water partition coefficient (Wildman–Crippen LogP) is -0.749. The van der Waals surface area contributed by atoms with E-state index in [1.54, 1.807) is 0 Å². The lowest BCUT2D eigenvalue weighted by Crippen LogP contribution is -2.47. The lowest BCUT2D eigenvalue weighted by molar-refractivity contribution is -0.0777. The molecule has 9 nitrogen and oxygen atoms in total. The molecule has 10 heteroatoms. The van der Waals surface area contributed by atoms with E-state index in [1.165, 1.54) is 11.8 Å². The van der Waals surface area contributed by atoms with Gasteiger partial charge in [0, 0.05) is 26.8 Å². The first-order valence-electron chi connectivity index (χ1n) is 6.13. The minimum atomic E-state index is -4.11. The van der Waals surface area contributed by atoms with E-state index < -0.39 is 28.5 Å². The Kier molecular flexibility index (Phi) is 6.62. The maximum atomic E-state index is 11.8. The Balaban J connectivity index is 2.76. The molecule has 1 aliphatic heterocycles. The van der Waals surface area contributed by atoms with Crippen LogP contribution in [0.1, 0.15) is 6.92 Å². The summed E-state index contributed by atoms with van der Waals surface area (Å²) >= 11 is 0. The molecule has 1 saturated heterocycles. The Morgan fingerprint density at radius 3 is 2.80 bits per heavy atom. The van der Waals surface area contributed by atoms with E-state index in [0.717, 1.165) is 4.31 Å². The quantitative estimate of drug-likeness (QED) is 0.663. The van der Waals surface area contributed by atoms with Gasteiger partial charge in [-0.2, -0.15) is 12.7 Å². The number of carbonyl (C=O) groups is 1. The summed E-state index contributed by atoms with van der Waals surface area (Å²) in [5.74, 6) is 0. The van der Waals surface area contributed by atoms with Crippen LogP contribution in [0.2, 0.25) is 0 Å². The van der Waals surface area contributed by atoms with E-state index >= 15 is 0 Å². The number of hydrogen-bond donors (Lipinski definition) is 2. The molecule has 0 aromatic carbocycles. The molecule has 0 bridgehead atoms. The standard InChI is InChI=1S/C10H20N2O7S/c1-3-18-7-9-8(17-2)6-12(4-5-19-9)20(15,16)11-10(13)14/h8-9,11H,3-7H2,1-2H3,(H,13,14)/t8-,9+/m0/s1. The van der Waals surface area contributed by atoms with Gasteiger partial charge in [-0.1, -0.05) is 0 Å². The number of carboxylic acid groups (broad SMARTS) is 1. The zero-order chi connectivity index (χ0) is 15.2. The summed E-state index contributed by atoms with van der Waals surface area (Å²) < 4.78 is 42.1. The fraction of sp³-hybridized carbons (Fsp3) is 0.900. The third-order valence-corrected chi connectivity index (χ3v) is 4.26. The third kappa shape index (κ3) is 4.87. The maximum Gasteiger partial charge on any atom is 0.419 e. The van der Waals surface area contributed by atoms with E-state index in [-0.39, 0.29) is 26.3 Å². The van der Waals surface area contributed by atoms with Crippen LogP contribution in [0.3, 0.4) is 0 Å². The highest BCUT2D eigenvalue weighted by molar-refractivity contribution is 7.87. The van der Waals surface area contributed by atoms with Crippen molar-refractivity contribution >= 4 is 16.3 Å². The molecule has 1 fully saturated rings. The first kappa shape index (κ1) is 17.1. The van der Waals surface area contributed by atoms with Crippen LogP contribution in [-0.4, -0.2) is 76.2 Å².